The van der Waals surface area contributed by atoms with E-state index in [1.54, 1.807) is 19.9 Å². The first kappa shape index (κ1) is 17.9. The number of carbonyl (C=O) groups is 2. The van der Waals surface area contributed by atoms with Gasteiger partial charge in [0.1, 0.15) is 5.56 Å². The van der Waals surface area contributed by atoms with E-state index < -0.39 is 5.97 Å². The molecule has 0 unspecified atom stereocenters. The first-order valence-corrected chi connectivity index (χ1v) is 9.21. The fraction of sp³-hybridized carbons (Fsp3) is 0.174. The second-order valence-corrected chi connectivity index (χ2v) is 6.71. The molecule has 1 aromatic heterocycles. The van der Waals surface area contributed by atoms with Gasteiger partial charge in [-0.2, -0.15) is 0 Å². The van der Waals surface area contributed by atoms with Gasteiger partial charge in [-0.15, -0.1) is 0 Å². The van der Waals surface area contributed by atoms with Crippen molar-refractivity contribution >= 4 is 23.1 Å². The summed E-state index contributed by atoms with van der Waals surface area (Å²) in [5.74, 6) is -0.630. The number of esters is 1. The molecule has 28 heavy (non-hydrogen) atoms. The Morgan fingerprint density at radius 1 is 1.04 bits per heavy atom. The van der Waals surface area contributed by atoms with E-state index in [-0.39, 0.29) is 12.4 Å². The van der Waals surface area contributed by atoms with E-state index in [0.717, 1.165) is 16.8 Å². The zero-order valence-corrected chi connectivity index (χ0v) is 16.0. The largest absolute Gasteiger partial charge is 0.462 e. The van der Waals surface area contributed by atoms with Gasteiger partial charge >= 0.3 is 5.97 Å². The van der Waals surface area contributed by atoms with Crippen LogP contribution in [0.4, 0.5) is 11.4 Å². The smallest absolute Gasteiger partial charge is 0.342 e. The van der Waals surface area contributed by atoms with Crippen LogP contribution in [0.25, 0.3) is 11.3 Å². The third-order valence-electron chi connectivity index (χ3n) is 4.92. The van der Waals surface area contributed by atoms with Gasteiger partial charge in [-0.25, -0.2) is 4.79 Å². The Kier molecular flexibility index (Phi) is 4.43. The highest BCUT2D eigenvalue weighted by Crippen LogP contribution is 2.42. The van der Waals surface area contributed by atoms with Gasteiger partial charge in [-0.3, -0.25) is 9.78 Å². The lowest BCUT2D eigenvalue weighted by molar-refractivity contribution is 0.0526. The normalized spacial score (nSPS) is 11.8. The summed E-state index contributed by atoms with van der Waals surface area (Å²) < 4.78 is 5.26. The SMILES string of the molecule is CCOC(=O)c1c(C)nc2c(c1Nc1ccccc1C)C(=O)c1ccccc1-2. The number of aromatic nitrogens is 1. The maximum Gasteiger partial charge on any atom is 0.342 e. The van der Waals surface area contributed by atoms with Crippen molar-refractivity contribution in [2.45, 2.75) is 20.8 Å². The summed E-state index contributed by atoms with van der Waals surface area (Å²) in [5, 5.41) is 3.32. The number of benzene rings is 2. The molecule has 0 radical (unpaired) electrons. The van der Waals surface area contributed by atoms with Crippen LogP contribution in [0.5, 0.6) is 0 Å². The van der Waals surface area contributed by atoms with Gasteiger partial charge < -0.3 is 10.1 Å². The third-order valence-corrected chi connectivity index (χ3v) is 4.92. The van der Waals surface area contributed by atoms with Crippen molar-refractivity contribution in [2.75, 3.05) is 11.9 Å². The molecule has 0 spiro atoms. The van der Waals surface area contributed by atoms with Gasteiger partial charge in [0, 0.05) is 16.8 Å². The molecule has 0 aliphatic heterocycles. The molecule has 1 heterocycles. The predicted octanol–water partition coefficient (Wildman–Crippen LogP) is 4.83. The fourth-order valence-electron chi connectivity index (χ4n) is 3.57. The molecule has 4 rings (SSSR count). The Hall–Kier alpha value is -3.47. The molecule has 2 aromatic carbocycles. The molecular formula is C23H20N2O3. The molecule has 1 N–H and O–H groups in total. The van der Waals surface area contributed by atoms with Gasteiger partial charge in [-0.05, 0) is 32.4 Å². The van der Waals surface area contributed by atoms with E-state index in [0.29, 0.717) is 33.8 Å². The van der Waals surface area contributed by atoms with E-state index in [2.05, 4.69) is 10.3 Å². The number of hydrogen-bond donors (Lipinski definition) is 1. The average Bonchev–Trinajstić information content (AvgIpc) is 2.96. The highest BCUT2D eigenvalue weighted by atomic mass is 16.5. The fourth-order valence-corrected chi connectivity index (χ4v) is 3.57. The Bertz CT molecular complexity index is 1120. The summed E-state index contributed by atoms with van der Waals surface area (Å²) in [6.45, 7) is 5.73. The lowest BCUT2D eigenvalue weighted by Crippen LogP contribution is -2.15. The van der Waals surface area contributed by atoms with Crippen LogP contribution in [0, 0.1) is 13.8 Å². The van der Waals surface area contributed by atoms with Crippen LogP contribution in [0.3, 0.4) is 0 Å². The zero-order chi connectivity index (χ0) is 19.8. The van der Waals surface area contributed by atoms with Crippen LogP contribution in [-0.4, -0.2) is 23.3 Å². The van der Waals surface area contributed by atoms with Crippen molar-refractivity contribution in [2.24, 2.45) is 0 Å². The van der Waals surface area contributed by atoms with Gasteiger partial charge in [0.25, 0.3) is 0 Å². The van der Waals surface area contributed by atoms with E-state index in [1.807, 2.05) is 49.4 Å². The number of anilines is 2. The van der Waals surface area contributed by atoms with Crippen LogP contribution in [-0.2, 0) is 4.74 Å². The Balaban J connectivity index is 1.99. The second kappa shape index (κ2) is 6.93. The van der Waals surface area contributed by atoms with Crippen molar-refractivity contribution in [3.05, 3.63) is 76.5 Å². The second-order valence-electron chi connectivity index (χ2n) is 6.71. The highest BCUT2D eigenvalue weighted by molar-refractivity contribution is 6.25. The highest BCUT2D eigenvalue weighted by Gasteiger charge is 2.35. The Labute approximate surface area is 163 Å². The molecule has 0 bridgehead atoms. The maximum atomic E-state index is 13.2. The predicted molar refractivity (Wildman–Crippen MR) is 108 cm³/mol. The van der Waals surface area contributed by atoms with Crippen LogP contribution in [0.1, 0.15) is 44.5 Å². The van der Waals surface area contributed by atoms with Crippen LogP contribution < -0.4 is 5.32 Å². The van der Waals surface area contributed by atoms with Crippen molar-refractivity contribution < 1.29 is 14.3 Å². The number of hydrogen-bond acceptors (Lipinski definition) is 5. The first-order valence-electron chi connectivity index (χ1n) is 9.21. The number of pyridine rings is 1. The minimum atomic E-state index is -0.491. The van der Waals surface area contributed by atoms with E-state index in [9.17, 15) is 9.59 Å². The summed E-state index contributed by atoms with van der Waals surface area (Å²) in [6, 6.07) is 15.1. The molecule has 140 valence electrons. The maximum absolute atomic E-state index is 13.2. The molecule has 5 heteroatoms. The summed E-state index contributed by atoms with van der Waals surface area (Å²) >= 11 is 0. The van der Waals surface area contributed by atoms with Gasteiger partial charge in [-0.1, -0.05) is 42.5 Å². The first-order chi connectivity index (χ1) is 13.5. The number of nitrogens with one attached hydrogen (secondary N) is 1. The summed E-state index contributed by atoms with van der Waals surface area (Å²) in [6.07, 6.45) is 0. The molecule has 0 saturated heterocycles. The molecule has 0 atom stereocenters. The number of aryl methyl sites for hydroxylation is 2. The topological polar surface area (TPSA) is 68.3 Å². The Morgan fingerprint density at radius 3 is 2.43 bits per heavy atom. The monoisotopic (exact) mass is 372 g/mol. The number of ketones is 1. The van der Waals surface area contributed by atoms with Crippen LogP contribution in [0.2, 0.25) is 0 Å². The van der Waals surface area contributed by atoms with E-state index in [4.69, 9.17) is 4.74 Å². The quantitative estimate of drug-likeness (QED) is 0.520. The van der Waals surface area contributed by atoms with Crippen LogP contribution >= 0.6 is 0 Å². The lowest BCUT2D eigenvalue weighted by Gasteiger charge is -2.18. The molecule has 0 saturated carbocycles. The zero-order valence-electron chi connectivity index (χ0n) is 16.0. The number of carbonyl (C=O) groups excluding carboxylic acids is 2. The summed E-state index contributed by atoms with van der Waals surface area (Å²) in [5.41, 5.74) is 5.50. The number of nitrogens with zero attached hydrogens (tertiary/aromatic N) is 1. The van der Waals surface area contributed by atoms with Gasteiger partial charge in [0.15, 0.2) is 5.78 Å². The number of ether oxygens (including phenoxy) is 1. The minimum Gasteiger partial charge on any atom is -0.462 e. The Morgan fingerprint density at radius 2 is 1.71 bits per heavy atom. The van der Waals surface area contributed by atoms with Gasteiger partial charge in [0.05, 0.1) is 29.2 Å². The molecule has 3 aromatic rings. The van der Waals surface area contributed by atoms with Crippen molar-refractivity contribution in [1.29, 1.82) is 0 Å². The summed E-state index contributed by atoms with van der Waals surface area (Å²) in [4.78, 5) is 30.5. The van der Waals surface area contributed by atoms with Crippen molar-refractivity contribution in [3.8, 4) is 11.3 Å². The standard InChI is InChI=1S/C23H20N2O3/c1-4-28-23(27)18-14(3)24-20-15-10-6-7-11-16(15)22(26)19(20)21(18)25-17-12-8-5-9-13(17)2/h5-12H,4H2,1-3H3,(H,24,25). The number of rotatable bonds is 4. The van der Waals surface area contributed by atoms with E-state index >= 15 is 0 Å². The lowest BCUT2D eigenvalue weighted by atomic mass is 10.0. The van der Waals surface area contributed by atoms with Crippen LogP contribution in [0.15, 0.2) is 48.5 Å². The number of para-hydroxylation sites is 1. The summed E-state index contributed by atoms with van der Waals surface area (Å²) in [7, 11) is 0. The molecule has 0 amide bonds. The van der Waals surface area contributed by atoms with Crippen molar-refractivity contribution in [3.63, 3.8) is 0 Å². The average molecular weight is 372 g/mol. The van der Waals surface area contributed by atoms with E-state index in [1.165, 1.54) is 0 Å². The molecule has 1 aliphatic rings. The molecular weight excluding hydrogens is 352 g/mol. The number of fused-ring (bicyclic) bond motifs is 3. The molecule has 1 aliphatic carbocycles. The van der Waals surface area contributed by atoms with Crippen molar-refractivity contribution in [1.82, 2.24) is 4.98 Å². The molecule has 5 nitrogen and oxygen atoms in total. The molecule has 0 fully saturated rings. The minimum absolute atomic E-state index is 0.139. The third kappa shape index (κ3) is 2.76. The van der Waals surface area contributed by atoms with Gasteiger partial charge in [0.2, 0.25) is 0 Å².